The molecule has 6 heteroatoms. The van der Waals surface area contributed by atoms with E-state index >= 15 is 0 Å². The largest absolute Gasteiger partial charge is 0.465 e. The molecule has 3 rings (SSSR count). The zero-order chi connectivity index (χ0) is 15.6. The molecular formula is C16H20N2O4. The molecule has 2 fully saturated rings. The van der Waals surface area contributed by atoms with E-state index < -0.39 is 11.7 Å². The van der Waals surface area contributed by atoms with Crippen LogP contribution in [0.25, 0.3) is 0 Å². The second-order valence-corrected chi connectivity index (χ2v) is 5.89. The predicted octanol–water partition coefficient (Wildman–Crippen LogP) is 1.67. The summed E-state index contributed by atoms with van der Waals surface area (Å²) in [6.07, 6.45) is 0.387. The maximum Gasteiger partial charge on any atom is 0.407 e. The van der Waals surface area contributed by atoms with Crippen molar-refractivity contribution in [2.45, 2.75) is 18.4 Å². The van der Waals surface area contributed by atoms with Crippen molar-refractivity contribution in [1.82, 2.24) is 9.80 Å². The van der Waals surface area contributed by atoms with Crippen LogP contribution >= 0.6 is 0 Å². The smallest absolute Gasteiger partial charge is 0.407 e. The molecule has 0 aliphatic carbocycles. The van der Waals surface area contributed by atoms with Gasteiger partial charge in [-0.15, -0.1) is 0 Å². The average molecular weight is 304 g/mol. The van der Waals surface area contributed by atoms with Gasteiger partial charge in [0.25, 0.3) is 5.91 Å². The molecule has 2 amide bonds. The van der Waals surface area contributed by atoms with Gasteiger partial charge < -0.3 is 19.6 Å². The molecule has 2 aliphatic rings. The SMILES string of the molecule is O=C(O)N1CCC2(CC1)CN(C(=O)c1ccccc1)CCO2. The molecule has 6 nitrogen and oxygen atoms in total. The fraction of sp³-hybridized carbons (Fsp3) is 0.500. The van der Waals surface area contributed by atoms with Gasteiger partial charge in [0.2, 0.25) is 0 Å². The fourth-order valence-electron chi connectivity index (χ4n) is 3.19. The maximum absolute atomic E-state index is 12.6. The lowest BCUT2D eigenvalue weighted by Gasteiger charge is -2.46. The van der Waals surface area contributed by atoms with Gasteiger partial charge in [-0.2, -0.15) is 0 Å². The van der Waals surface area contributed by atoms with Crippen molar-refractivity contribution < 1.29 is 19.4 Å². The van der Waals surface area contributed by atoms with Crippen LogP contribution in [-0.2, 0) is 4.74 Å². The lowest BCUT2D eigenvalue weighted by atomic mass is 9.89. The Morgan fingerprint density at radius 1 is 1.05 bits per heavy atom. The van der Waals surface area contributed by atoms with E-state index in [-0.39, 0.29) is 5.91 Å². The minimum Gasteiger partial charge on any atom is -0.465 e. The Bertz CT molecular complexity index is 553. The molecule has 0 aromatic heterocycles. The average Bonchev–Trinajstić information content (AvgIpc) is 2.55. The van der Waals surface area contributed by atoms with Crippen molar-refractivity contribution in [3.63, 3.8) is 0 Å². The van der Waals surface area contributed by atoms with Gasteiger partial charge in [-0.1, -0.05) is 18.2 Å². The Labute approximate surface area is 129 Å². The molecule has 118 valence electrons. The Morgan fingerprint density at radius 2 is 1.73 bits per heavy atom. The number of hydrogen-bond acceptors (Lipinski definition) is 3. The van der Waals surface area contributed by atoms with Gasteiger partial charge in [0.1, 0.15) is 0 Å². The molecule has 0 unspecified atom stereocenters. The number of nitrogens with zero attached hydrogens (tertiary/aromatic N) is 2. The second-order valence-electron chi connectivity index (χ2n) is 5.89. The van der Waals surface area contributed by atoms with Crippen molar-refractivity contribution in [3.05, 3.63) is 35.9 Å². The van der Waals surface area contributed by atoms with Crippen LogP contribution in [0.5, 0.6) is 0 Å². The summed E-state index contributed by atoms with van der Waals surface area (Å²) in [5.41, 5.74) is 0.289. The maximum atomic E-state index is 12.6. The highest BCUT2D eigenvalue weighted by Gasteiger charge is 2.41. The molecule has 1 spiro atoms. The summed E-state index contributed by atoms with van der Waals surface area (Å²) < 4.78 is 5.94. The molecule has 1 aromatic carbocycles. The van der Waals surface area contributed by atoms with Gasteiger partial charge in [-0.25, -0.2) is 4.79 Å². The first-order valence-electron chi connectivity index (χ1n) is 7.56. The summed E-state index contributed by atoms with van der Waals surface area (Å²) in [6, 6.07) is 9.23. The molecule has 2 aliphatic heterocycles. The zero-order valence-corrected chi connectivity index (χ0v) is 12.4. The van der Waals surface area contributed by atoms with Crippen LogP contribution in [0.4, 0.5) is 4.79 Å². The molecular weight excluding hydrogens is 284 g/mol. The van der Waals surface area contributed by atoms with Gasteiger partial charge in [0.05, 0.1) is 18.8 Å². The summed E-state index contributed by atoms with van der Waals surface area (Å²) in [5.74, 6) is 0.0175. The third kappa shape index (κ3) is 2.92. The lowest BCUT2D eigenvalue weighted by Crippen LogP contribution is -2.58. The number of likely N-dealkylation sites (tertiary alicyclic amines) is 1. The van der Waals surface area contributed by atoms with E-state index in [1.807, 2.05) is 35.2 Å². The van der Waals surface area contributed by atoms with E-state index in [4.69, 9.17) is 9.84 Å². The number of rotatable bonds is 1. The Morgan fingerprint density at radius 3 is 2.36 bits per heavy atom. The summed E-state index contributed by atoms with van der Waals surface area (Å²) in [5, 5.41) is 9.03. The first-order valence-corrected chi connectivity index (χ1v) is 7.56. The molecule has 0 radical (unpaired) electrons. The summed E-state index contributed by atoms with van der Waals surface area (Å²) in [4.78, 5) is 26.8. The number of amides is 2. The van der Waals surface area contributed by atoms with Gasteiger partial charge >= 0.3 is 6.09 Å². The van der Waals surface area contributed by atoms with E-state index in [0.29, 0.717) is 51.2 Å². The van der Waals surface area contributed by atoms with Gasteiger partial charge in [0, 0.05) is 25.2 Å². The van der Waals surface area contributed by atoms with Crippen molar-refractivity contribution in [1.29, 1.82) is 0 Å². The Balaban J connectivity index is 1.67. The number of carbonyl (C=O) groups is 2. The number of carboxylic acid groups (broad SMARTS) is 1. The number of piperidine rings is 1. The summed E-state index contributed by atoms with van der Waals surface area (Å²) >= 11 is 0. The molecule has 2 saturated heterocycles. The van der Waals surface area contributed by atoms with Gasteiger partial charge in [-0.3, -0.25) is 4.79 Å². The molecule has 0 saturated carbocycles. The van der Waals surface area contributed by atoms with Gasteiger partial charge in [0.15, 0.2) is 0 Å². The van der Waals surface area contributed by atoms with Crippen LogP contribution in [0.15, 0.2) is 30.3 Å². The minimum atomic E-state index is -0.886. The standard InChI is InChI=1S/C16H20N2O4/c19-14(13-4-2-1-3-5-13)18-10-11-22-16(12-18)6-8-17(9-7-16)15(20)21/h1-5H,6-12H2,(H,20,21). The second kappa shape index (κ2) is 5.96. The van der Waals surface area contributed by atoms with E-state index in [1.165, 1.54) is 4.90 Å². The van der Waals surface area contributed by atoms with Crippen LogP contribution in [0.3, 0.4) is 0 Å². The minimum absolute atomic E-state index is 0.0175. The van der Waals surface area contributed by atoms with E-state index in [9.17, 15) is 9.59 Å². The van der Waals surface area contributed by atoms with Crippen molar-refractivity contribution in [3.8, 4) is 0 Å². The number of carbonyl (C=O) groups excluding carboxylic acids is 1. The summed E-state index contributed by atoms with van der Waals surface area (Å²) in [7, 11) is 0. The van der Waals surface area contributed by atoms with Crippen LogP contribution in [0, 0.1) is 0 Å². The first-order chi connectivity index (χ1) is 10.6. The first kappa shape index (κ1) is 14.8. The molecule has 0 atom stereocenters. The van der Waals surface area contributed by atoms with Crippen LogP contribution < -0.4 is 0 Å². The van der Waals surface area contributed by atoms with Crippen LogP contribution in [0.2, 0.25) is 0 Å². The lowest BCUT2D eigenvalue weighted by molar-refractivity contribution is -0.124. The van der Waals surface area contributed by atoms with E-state index in [1.54, 1.807) is 0 Å². The third-order valence-corrected chi connectivity index (χ3v) is 4.50. The number of ether oxygens (including phenoxy) is 1. The number of hydrogen-bond donors (Lipinski definition) is 1. The van der Waals surface area contributed by atoms with Crippen molar-refractivity contribution in [2.24, 2.45) is 0 Å². The van der Waals surface area contributed by atoms with E-state index in [2.05, 4.69) is 0 Å². The Kier molecular flexibility index (Phi) is 4.02. The highest BCUT2D eigenvalue weighted by Crippen LogP contribution is 2.30. The fourth-order valence-corrected chi connectivity index (χ4v) is 3.19. The molecule has 2 heterocycles. The normalized spacial score (nSPS) is 20.9. The Hall–Kier alpha value is -2.08. The van der Waals surface area contributed by atoms with Crippen molar-refractivity contribution in [2.75, 3.05) is 32.8 Å². The van der Waals surface area contributed by atoms with Crippen LogP contribution in [-0.4, -0.2) is 65.3 Å². The quantitative estimate of drug-likeness (QED) is 0.857. The monoisotopic (exact) mass is 304 g/mol. The highest BCUT2D eigenvalue weighted by atomic mass is 16.5. The third-order valence-electron chi connectivity index (χ3n) is 4.50. The predicted molar refractivity (Wildman–Crippen MR) is 79.9 cm³/mol. The van der Waals surface area contributed by atoms with Crippen molar-refractivity contribution >= 4 is 12.0 Å². The summed E-state index contributed by atoms with van der Waals surface area (Å²) in [6.45, 7) is 2.54. The molecule has 22 heavy (non-hydrogen) atoms. The molecule has 0 bridgehead atoms. The van der Waals surface area contributed by atoms with Gasteiger partial charge in [-0.05, 0) is 25.0 Å². The number of benzene rings is 1. The zero-order valence-electron chi connectivity index (χ0n) is 12.4. The molecule has 1 aromatic rings. The van der Waals surface area contributed by atoms with Crippen LogP contribution in [0.1, 0.15) is 23.2 Å². The number of morpholine rings is 1. The van der Waals surface area contributed by atoms with E-state index in [0.717, 1.165) is 0 Å². The molecule has 1 N–H and O–H groups in total. The topological polar surface area (TPSA) is 70.1 Å². The highest BCUT2D eigenvalue weighted by molar-refractivity contribution is 5.94.